The van der Waals surface area contributed by atoms with Crippen molar-refractivity contribution in [2.45, 2.75) is 59.0 Å². The normalized spacial score (nSPS) is 12.0. The lowest BCUT2D eigenvalue weighted by Crippen LogP contribution is -2.40. The zero-order chi connectivity index (χ0) is 21.1. The number of carbonyl (C=O) groups is 2. The van der Waals surface area contributed by atoms with Crippen LogP contribution in [0.3, 0.4) is 0 Å². The number of carbonyl (C=O) groups excluding carboxylic acids is 2. The molecule has 0 heterocycles. The molecule has 0 amide bonds. The summed E-state index contributed by atoms with van der Waals surface area (Å²) in [6.07, 6.45) is -0.206. The van der Waals surface area contributed by atoms with Crippen molar-refractivity contribution in [2.75, 3.05) is 0 Å². The fraction of sp³-hybridized carbons (Fsp3) is 0.391. The molecule has 0 bridgehead atoms. The average molecular weight is 399 g/mol. The van der Waals surface area contributed by atoms with Crippen molar-refractivity contribution in [3.05, 3.63) is 59.7 Å². The van der Waals surface area contributed by atoms with E-state index in [9.17, 15) is 9.59 Å². The van der Waals surface area contributed by atoms with Gasteiger partial charge in [0.1, 0.15) is 5.75 Å². The van der Waals surface area contributed by atoms with E-state index in [1.807, 2.05) is 12.1 Å². The molecule has 0 spiro atoms. The SMILES string of the molecule is CC(C)OC(=O)C(C)(C)Oc1ccc(C(=O)c2ccc([Si](C)(C)C)cc2)cc1. The minimum Gasteiger partial charge on any atom is -0.476 e. The van der Waals surface area contributed by atoms with Gasteiger partial charge in [0.2, 0.25) is 0 Å². The largest absolute Gasteiger partial charge is 0.476 e. The highest BCUT2D eigenvalue weighted by atomic mass is 28.3. The summed E-state index contributed by atoms with van der Waals surface area (Å²) in [5.74, 6) is 0.0497. The van der Waals surface area contributed by atoms with Crippen LogP contribution in [0.25, 0.3) is 0 Å². The quantitative estimate of drug-likeness (QED) is 0.389. The number of hydrogen-bond acceptors (Lipinski definition) is 4. The first-order valence-corrected chi connectivity index (χ1v) is 13.1. The highest BCUT2D eigenvalue weighted by Gasteiger charge is 2.32. The van der Waals surface area contributed by atoms with Gasteiger partial charge in [-0.3, -0.25) is 4.79 Å². The summed E-state index contributed by atoms with van der Waals surface area (Å²) in [7, 11) is -1.39. The topological polar surface area (TPSA) is 52.6 Å². The molecule has 2 rings (SSSR count). The summed E-state index contributed by atoms with van der Waals surface area (Å²) in [5, 5.41) is 1.32. The molecule has 0 atom stereocenters. The number of hydrogen-bond donors (Lipinski definition) is 0. The zero-order valence-corrected chi connectivity index (χ0v) is 18.8. The maximum absolute atomic E-state index is 12.7. The van der Waals surface area contributed by atoms with Crippen LogP contribution >= 0.6 is 0 Å². The van der Waals surface area contributed by atoms with Crippen molar-refractivity contribution in [3.63, 3.8) is 0 Å². The smallest absolute Gasteiger partial charge is 0.350 e. The Morgan fingerprint density at radius 2 is 1.32 bits per heavy atom. The third-order valence-corrected chi connectivity index (χ3v) is 6.40. The Labute approximate surface area is 168 Å². The summed E-state index contributed by atoms with van der Waals surface area (Å²) in [4.78, 5) is 24.9. The summed E-state index contributed by atoms with van der Waals surface area (Å²) in [5.41, 5.74) is 0.134. The minimum atomic E-state index is -1.39. The van der Waals surface area contributed by atoms with Gasteiger partial charge in [-0.1, -0.05) is 49.1 Å². The van der Waals surface area contributed by atoms with Gasteiger partial charge in [-0.05, 0) is 52.0 Å². The van der Waals surface area contributed by atoms with Crippen molar-refractivity contribution >= 4 is 25.0 Å². The number of esters is 1. The Balaban J connectivity index is 2.11. The van der Waals surface area contributed by atoms with Crippen molar-refractivity contribution in [1.82, 2.24) is 0 Å². The van der Waals surface area contributed by atoms with E-state index in [2.05, 4.69) is 31.8 Å². The highest BCUT2D eigenvalue weighted by molar-refractivity contribution is 6.88. The lowest BCUT2D eigenvalue weighted by atomic mass is 10.0. The molecular weight excluding hydrogens is 368 g/mol. The fourth-order valence-corrected chi connectivity index (χ4v) is 3.82. The summed E-state index contributed by atoms with van der Waals surface area (Å²) < 4.78 is 11.0. The molecule has 0 aromatic heterocycles. The molecule has 2 aromatic rings. The molecule has 0 saturated carbocycles. The van der Waals surface area contributed by atoms with Gasteiger partial charge in [0.05, 0.1) is 14.2 Å². The van der Waals surface area contributed by atoms with Crippen LogP contribution in [0.4, 0.5) is 0 Å². The Morgan fingerprint density at radius 3 is 1.75 bits per heavy atom. The molecular formula is C23H30O4Si. The summed E-state index contributed by atoms with van der Waals surface area (Å²) in [6, 6.07) is 14.7. The predicted octanol–water partition coefficient (Wildman–Crippen LogP) is 4.57. The molecule has 0 aliphatic carbocycles. The molecule has 150 valence electrons. The number of ether oxygens (including phenoxy) is 2. The van der Waals surface area contributed by atoms with Gasteiger partial charge in [-0.15, -0.1) is 0 Å². The van der Waals surface area contributed by atoms with Crippen molar-refractivity contribution in [2.24, 2.45) is 0 Å². The monoisotopic (exact) mass is 398 g/mol. The number of ketones is 1. The van der Waals surface area contributed by atoms with Crippen molar-refractivity contribution < 1.29 is 19.1 Å². The third-order valence-electron chi connectivity index (χ3n) is 4.34. The van der Waals surface area contributed by atoms with Gasteiger partial charge < -0.3 is 9.47 Å². The van der Waals surface area contributed by atoms with Crippen LogP contribution in [0.2, 0.25) is 19.6 Å². The first-order chi connectivity index (χ1) is 12.9. The first kappa shape index (κ1) is 21.9. The highest BCUT2D eigenvalue weighted by Crippen LogP contribution is 2.22. The van der Waals surface area contributed by atoms with Crippen LogP contribution in [-0.2, 0) is 9.53 Å². The Hall–Kier alpha value is -2.40. The molecule has 0 radical (unpaired) electrons. The lowest BCUT2D eigenvalue weighted by Gasteiger charge is -2.25. The van der Waals surface area contributed by atoms with Gasteiger partial charge in [0, 0.05) is 11.1 Å². The lowest BCUT2D eigenvalue weighted by molar-refractivity contribution is -0.163. The van der Waals surface area contributed by atoms with Crippen LogP contribution in [0.15, 0.2) is 48.5 Å². The molecule has 0 unspecified atom stereocenters. The van der Waals surface area contributed by atoms with Gasteiger partial charge >= 0.3 is 5.97 Å². The number of benzene rings is 2. The molecule has 0 N–H and O–H groups in total. The van der Waals surface area contributed by atoms with Gasteiger partial charge in [-0.25, -0.2) is 4.79 Å². The Morgan fingerprint density at radius 1 is 0.857 bits per heavy atom. The van der Waals surface area contributed by atoms with Crippen LogP contribution in [-0.4, -0.2) is 31.5 Å². The van der Waals surface area contributed by atoms with E-state index in [4.69, 9.17) is 9.47 Å². The van der Waals surface area contributed by atoms with E-state index in [-0.39, 0.29) is 11.9 Å². The zero-order valence-electron chi connectivity index (χ0n) is 17.8. The average Bonchev–Trinajstić information content (AvgIpc) is 2.60. The summed E-state index contributed by atoms with van der Waals surface area (Å²) in [6.45, 7) is 13.8. The molecule has 0 fully saturated rings. The number of rotatable bonds is 7. The van der Waals surface area contributed by atoms with E-state index in [0.29, 0.717) is 16.9 Å². The Bertz CT molecular complexity index is 828. The van der Waals surface area contributed by atoms with E-state index in [1.54, 1.807) is 52.0 Å². The molecule has 2 aromatic carbocycles. The molecule has 28 heavy (non-hydrogen) atoms. The van der Waals surface area contributed by atoms with Gasteiger partial charge in [0.25, 0.3) is 0 Å². The van der Waals surface area contributed by atoms with Crippen molar-refractivity contribution in [1.29, 1.82) is 0 Å². The molecule has 0 aliphatic rings. The summed E-state index contributed by atoms with van der Waals surface area (Å²) >= 11 is 0. The standard InChI is InChI=1S/C23H30O4Si/c1-16(2)26-22(25)23(3,4)27-19-12-8-17(9-13-19)21(24)18-10-14-20(15-11-18)28(5,6)7/h8-16H,1-7H3. The minimum absolute atomic E-state index is 0.0350. The second-order valence-electron chi connectivity index (χ2n) is 8.75. The maximum atomic E-state index is 12.7. The third kappa shape index (κ3) is 5.55. The first-order valence-electron chi connectivity index (χ1n) is 9.55. The van der Waals surface area contributed by atoms with Crippen molar-refractivity contribution in [3.8, 4) is 5.75 Å². The molecule has 0 aliphatic heterocycles. The van der Waals surface area contributed by atoms with Crippen LogP contribution in [0, 0.1) is 0 Å². The van der Waals surface area contributed by atoms with Gasteiger partial charge in [-0.2, -0.15) is 0 Å². The second-order valence-corrected chi connectivity index (χ2v) is 13.8. The predicted molar refractivity (Wildman–Crippen MR) is 115 cm³/mol. The molecule has 5 heteroatoms. The van der Waals surface area contributed by atoms with Crippen LogP contribution in [0.1, 0.15) is 43.6 Å². The van der Waals surface area contributed by atoms with E-state index >= 15 is 0 Å². The molecule has 0 saturated heterocycles. The van der Waals surface area contributed by atoms with Crippen LogP contribution in [0.5, 0.6) is 5.75 Å². The molecule has 4 nitrogen and oxygen atoms in total. The fourth-order valence-electron chi connectivity index (χ4n) is 2.65. The Kier molecular flexibility index (Phi) is 6.50. The van der Waals surface area contributed by atoms with Crippen LogP contribution < -0.4 is 9.92 Å². The van der Waals surface area contributed by atoms with E-state index in [0.717, 1.165) is 0 Å². The maximum Gasteiger partial charge on any atom is 0.350 e. The van der Waals surface area contributed by atoms with E-state index in [1.165, 1.54) is 5.19 Å². The second kappa shape index (κ2) is 8.31. The van der Waals surface area contributed by atoms with Gasteiger partial charge in [0.15, 0.2) is 11.4 Å². The van der Waals surface area contributed by atoms with E-state index < -0.39 is 19.6 Å².